The van der Waals surface area contributed by atoms with Gasteiger partial charge in [-0.15, -0.1) is 0 Å². The molecule has 0 spiro atoms. The summed E-state index contributed by atoms with van der Waals surface area (Å²) in [7, 11) is 0. The number of aromatic nitrogens is 3. The van der Waals surface area contributed by atoms with Crippen LogP contribution in [0.4, 0.5) is 0 Å². The highest BCUT2D eigenvalue weighted by atomic mass is 16.5. The quantitative estimate of drug-likeness (QED) is 0.394. The number of hydrogen-bond acceptors (Lipinski definition) is 5. The Bertz CT molecular complexity index is 1220. The Balaban J connectivity index is 1.34. The fraction of sp³-hybridized carbons (Fsp3) is 0.0833. The molecule has 2 aromatic heterocycles. The first-order chi connectivity index (χ1) is 15.6. The highest BCUT2D eigenvalue weighted by Crippen LogP contribution is 2.18. The molecule has 0 saturated carbocycles. The van der Waals surface area contributed by atoms with Crippen LogP contribution in [0.3, 0.4) is 0 Å². The Kier molecular flexibility index (Phi) is 6.22. The minimum atomic E-state index is -1.00. The Labute approximate surface area is 183 Å². The molecule has 0 aliphatic heterocycles. The van der Waals surface area contributed by atoms with Crippen molar-refractivity contribution in [2.24, 2.45) is 0 Å². The molecule has 2 aromatic carbocycles. The zero-order valence-electron chi connectivity index (χ0n) is 17.0. The summed E-state index contributed by atoms with van der Waals surface area (Å²) in [6, 6.07) is 19.1. The number of carbonyl (C=O) groups excluding carboxylic acids is 1. The van der Waals surface area contributed by atoms with Crippen molar-refractivity contribution in [3.05, 3.63) is 101 Å². The first kappa shape index (κ1) is 20.8. The maximum atomic E-state index is 12.5. The van der Waals surface area contributed by atoms with Crippen LogP contribution in [0.15, 0.2) is 79.1 Å². The molecule has 8 heteroatoms. The lowest BCUT2D eigenvalue weighted by Gasteiger charge is -2.09. The Morgan fingerprint density at radius 2 is 1.75 bits per heavy atom. The van der Waals surface area contributed by atoms with E-state index in [1.807, 2.05) is 24.3 Å². The number of ether oxygens (including phenoxy) is 1. The van der Waals surface area contributed by atoms with Crippen molar-refractivity contribution >= 4 is 11.9 Å². The predicted molar refractivity (Wildman–Crippen MR) is 117 cm³/mol. The predicted octanol–water partition coefficient (Wildman–Crippen LogP) is 3.68. The van der Waals surface area contributed by atoms with Gasteiger partial charge in [0.2, 0.25) is 0 Å². The van der Waals surface area contributed by atoms with E-state index in [-0.39, 0.29) is 24.6 Å². The third kappa shape index (κ3) is 5.17. The van der Waals surface area contributed by atoms with Crippen molar-refractivity contribution in [3.8, 4) is 17.1 Å². The second kappa shape index (κ2) is 9.57. The number of H-pyrrole nitrogens is 1. The van der Waals surface area contributed by atoms with Gasteiger partial charge in [-0.2, -0.15) is 5.10 Å². The van der Waals surface area contributed by atoms with Crippen molar-refractivity contribution in [1.29, 1.82) is 0 Å². The molecule has 4 aromatic rings. The third-order valence-electron chi connectivity index (χ3n) is 4.73. The molecule has 0 radical (unpaired) electrons. The fourth-order valence-corrected chi connectivity index (χ4v) is 3.09. The van der Waals surface area contributed by atoms with E-state index < -0.39 is 5.97 Å². The highest BCUT2D eigenvalue weighted by Gasteiger charge is 2.09. The van der Waals surface area contributed by atoms with Crippen LogP contribution in [0, 0.1) is 0 Å². The molecule has 0 unspecified atom stereocenters. The second-order valence-corrected chi connectivity index (χ2v) is 7.03. The normalized spacial score (nSPS) is 10.5. The summed E-state index contributed by atoms with van der Waals surface area (Å²) in [5.41, 5.74) is 3.82. The summed E-state index contributed by atoms with van der Waals surface area (Å²) >= 11 is 0. The Morgan fingerprint density at radius 3 is 2.47 bits per heavy atom. The van der Waals surface area contributed by atoms with E-state index in [0.29, 0.717) is 16.9 Å². The number of aromatic amines is 1. The topological polar surface area (TPSA) is 117 Å². The lowest BCUT2D eigenvalue weighted by Crippen LogP contribution is -2.23. The number of carbonyl (C=O) groups is 2. The number of aromatic carboxylic acids is 1. The second-order valence-electron chi connectivity index (χ2n) is 7.03. The van der Waals surface area contributed by atoms with E-state index in [9.17, 15) is 9.59 Å². The van der Waals surface area contributed by atoms with Crippen LogP contribution >= 0.6 is 0 Å². The van der Waals surface area contributed by atoms with Gasteiger partial charge in [0, 0.05) is 18.3 Å². The smallest absolute Gasteiger partial charge is 0.335 e. The molecule has 0 fully saturated rings. The van der Waals surface area contributed by atoms with Crippen molar-refractivity contribution in [1.82, 2.24) is 20.5 Å². The number of carboxylic acids is 1. The molecular formula is C24H20N4O4. The molecule has 0 bridgehead atoms. The van der Waals surface area contributed by atoms with E-state index in [4.69, 9.17) is 9.84 Å². The number of nitrogens with one attached hydrogen (secondary N) is 2. The Morgan fingerprint density at radius 1 is 0.969 bits per heavy atom. The maximum absolute atomic E-state index is 12.5. The number of pyridine rings is 1. The van der Waals surface area contributed by atoms with Gasteiger partial charge in [-0.05, 0) is 53.6 Å². The van der Waals surface area contributed by atoms with Gasteiger partial charge in [-0.3, -0.25) is 14.9 Å². The number of rotatable bonds is 8. The molecule has 4 rings (SSSR count). The summed E-state index contributed by atoms with van der Waals surface area (Å²) in [6.07, 6.45) is 3.30. The minimum Gasteiger partial charge on any atom is -0.487 e. The van der Waals surface area contributed by atoms with Crippen molar-refractivity contribution < 1.29 is 19.4 Å². The van der Waals surface area contributed by atoms with E-state index in [1.54, 1.807) is 48.8 Å². The monoisotopic (exact) mass is 428 g/mol. The molecule has 0 aliphatic rings. The van der Waals surface area contributed by atoms with Gasteiger partial charge in [-0.1, -0.05) is 24.3 Å². The van der Waals surface area contributed by atoms with Crippen molar-refractivity contribution in [2.45, 2.75) is 13.2 Å². The van der Waals surface area contributed by atoms with Crippen LogP contribution in [-0.2, 0) is 13.2 Å². The zero-order chi connectivity index (χ0) is 22.3. The number of nitrogens with zero attached hydrogens (tertiary/aromatic N) is 2. The summed E-state index contributed by atoms with van der Waals surface area (Å²) in [4.78, 5) is 28.0. The molecule has 0 aliphatic carbocycles. The summed E-state index contributed by atoms with van der Waals surface area (Å²) in [6.45, 7) is 0.516. The van der Waals surface area contributed by atoms with Gasteiger partial charge in [0.25, 0.3) is 5.91 Å². The SMILES string of the molecule is O=C(O)c1cccc(CNC(=O)c2cccc(COc3ccc(-c4ccn[nH]4)nc3)c2)c1. The van der Waals surface area contributed by atoms with Crippen LogP contribution in [0.5, 0.6) is 5.75 Å². The average Bonchev–Trinajstić information content (AvgIpc) is 3.37. The summed E-state index contributed by atoms with van der Waals surface area (Å²) in [5.74, 6) is -0.642. The van der Waals surface area contributed by atoms with Gasteiger partial charge >= 0.3 is 5.97 Å². The van der Waals surface area contributed by atoms with Crippen LogP contribution in [0.25, 0.3) is 11.4 Å². The lowest BCUT2D eigenvalue weighted by atomic mass is 10.1. The largest absolute Gasteiger partial charge is 0.487 e. The molecule has 32 heavy (non-hydrogen) atoms. The number of hydrogen-bond donors (Lipinski definition) is 3. The molecule has 160 valence electrons. The summed E-state index contributed by atoms with van der Waals surface area (Å²) in [5, 5.41) is 18.7. The van der Waals surface area contributed by atoms with Crippen molar-refractivity contribution in [2.75, 3.05) is 0 Å². The molecule has 8 nitrogen and oxygen atoms in total. The van der Waals surface area contributed by atoms with E-state index in [0.717, 1.165) is 17.0 Å². The number of amides is 1. The molecule has 3 N–H and O–H groups in total. The fourth-order valence-electron chi connectivity index (χ4n) is 3.09. The molecular weight excluding hydrogens is 408 g/mol. The average molecular weight is 428 g/mol. The minimum absolute atomic E-state index is 0.183. The van der Waals surface area contributed by atoms with Gasteiger partial charge in [0.05, 0.1) is 23.1 Å². The van der Waals surface area contributed by atoms with Crippen LogP contribution in [0.2, 0.25) is 0 Å². The van der Waals surface area contributed by atoms with E-state index >= 15 is 0 Å². The number of benzene rings is 2. The Hall–Kier alpha value is -4.46. The van der Waals surface area contributed by atoms with Crippen LogP contribution < -0.4 is 10.1 Å². The van der Waals surface area contributed by atoms with Gasteiger partial charge < -0.3 is 15.2 Å². The lowest BCUT2D eigenvalue weighted by molar-refractivity contribution is 0.0696. The van der Waals surface area contributed by atoms with Crippen molar-refractivity contribution in [3.63, 3.8) is 0 Å². The van der Waals surface area contributed by atoms with E-state index in [2.05, 4.69) is 20.5 Å². The number of carboxylic acid groups (broad SMARTS) is 1. The van der Waals surface area contributed by atoms with Gasteiger partial charge in [0.1, 0.15) is 12.4 Å². The standard InChI is InChI=1S/C24H20N4O4/c29-23(26-13-16-3-1-6-19(11-16)24(30)31)18-5-2-4-17(12-18)15-32-20-7-8-21(25-14-20)22-9-10-27-28-22/h1-12,14H,13,15H2,(H,26,29)(H,27,28)(H,30,31). The highest BCUT2D eigenvalue weighted by molar-refractivity contribution is 5.94. The van der Waals surface area contributed by atoms with Gasteiger partial charge in [-0.25, -0.2) is 4.79 Å². The third-order valence-corrected chi connectivity index (χ3v) is 4.73. The summed E-state index contributed by atoms with van der Waals surface area (Å²) < 4.78 is 5.79. The molecule has 2 heterocycles. The molecule has 1 amide bonds. The molecule has 0 saturated heterocycles. The zero-order valence-corrected chi connectivity index (χ0v) is 17.0. The first-order valence-corrected chi connectivity index (χ1v) is 9.86. The maximum Gasteiger partial charge on any atom is 0.335 e. The van der Waals surface area contributed by atoms with Crippen LogP contribution in [0.1, 0.15) is 31.8 Å². The van der Waals surface area contributed by atoms with Gasteiger partial charge in [0.15, 0.2) is 0 Å². The van der Waals surface area contributed by atoms with E-state index in [1.165, 1.54) is 6.07 Å². The van der Waals surface area contributed by atoms with Crippen LogP contribution in [-0.4, -0.2) is 32.2 Å². The first-order valence-electron chi connectivity index (χ1n) is 9.86. The molecule has 0 atom stereocenters.